The van der Waals surface area contributed by atoms with Crippen molar-refractivity contribution < 1.29 is 19.5 Å². The van der Waals surface area contributed by atoms with Gasteiger partial charge in [-0.1, -0.05) is 58.3 Å². The number of hydrogen-bond donors (Lipinski definition) is 3. The minimum atomic E-state index is -0.807. The van der Waals surface area contributed by atoms with Crippen molar-refractivity contribution in [2.75, 3.05) is 39.3 Å². The number of nitrogens with zero attached hydrogens (tertiary/aromatic N) is 1. The molecule has 23 heavy (non-hydrogen) atoms. The van der Waals surface area contributed by atoms with Gasteiger partial charge in [-0.3, -0.25) is 0 Å². The Kier molecular flexibility index (Phi) is 14.5. The van der Waals surface area contributed by atoms with Crippen LogP contribution >= 0.6 is 0 Å². The molecule has 0 bridgehead atoms. The monoisotopic (exact) mass is 331 g/mol. The summed E-state index contributed by atoms with van der Waals surface area (Å²) in [5.41, 5.74) is 5.65. The average molecular weight is 332 g/mol. The number of carboxylic acid groups (broad SMARTS) is 1. The number of carboxylic acids is 1. The second-order valence-electron chi connectivity index (χ2n) is 6.76. The predicted molar refractivity (Wildman–Crippen MR) is 95.3 cm³/mol. The fourth-order valence-electron chi connectivity index (χ4n) is 3.28. The highest BCUT2D eigenvalue weighted by Crippen LogP contribution is 2.13. The Morgan fingerprint density at radius 3 is 1.83 bits per heavy atom. The predicted octanol–water partition coefficient (Wildman–Crippen LogP) is 2.76. The molecule has 5 nitrogen and oxygen atoms in total. The Labute approximate surface area is 142 Å². The molecule has 0 amide bonds. The molecule has 0 saturated carbocycles. The Morgan fingerprint density at radius 2 is 1.39 bits per heavy atom. The van der Waals surface area contributed by atoms with Gasteiger partial charge in [-0.2, -0.15) is 0 Å². The van der Waals surface area contributed by atoms with Gasteiger partial charge in [0.2, 0.25) is 0 Å². The van der Waals surface area contributed by atoms with E-state index < -0.39 is 5.97 Å². The Morgan fingerprint density at radius 1 is 0.870 bits per heavy atom. The normalized spacial score (nSPS) is 13.9. The molecule has 5 heteroatoms. The molecular formula is C18H39N2O3+. The molecule has 0 spiro atoms. The van der Waals surface area contributed by atoms with Gasteiger partial charge in [0.05, 0.1) is 19.7 Å². The molecule has 0 aliphatic rings. The number of quaternary nitrogens is 1. The molecule has 0 radical (unpaired) electrons. The molecule has 0 aliphatic carbocycles. The summed E-state index contributed by atoms with van der Waals surface area (Å²) in [6.45, 7) is 4.71. The van der Waals surface area contributed by atoms with Crippen molar-refractivity contribution in [3.63, 3.8) is 0 Å². The molecule has 0 aliphatic heterocycles. The van der Waals surface area contributed by atoms with Crippen molar-refractivity contribution in [1.82, 2.24) is 0 Å². The first-order chi connectivity index (χ1) is 11.1. The van der Waals surface area contributed by atoms with Crippen LogP contribution in [0.15, 0.2) is 0 Å². The topological polar surface area (TPSA) is 83.5 Å². The lowest BCUT2D eigenvalue weighted by molar-refractivity contribution is -0.920. The van der Waals surface area contributed by atoms with Gasteiger partial charge >= 0.3 is 5.97 Å². The van der Waals surface area contributed by atoms with Crippen LogP contribution in [0.4, 0.5) is 0 Å². The first-order valence-corrected chi connectivity index (χ1v) is 9.48. The van der Waals surface area contributed by atoms with Crippen molar-refractivity contribution >= 4 is 5.97 Å². The summed E-state index contributed by atoms with van der Waals surface area (Å²) in [5.74, 6) is -0.807. The van der Waals surface area contributed by atoms with Gasteiger partial charge in [0.15, 0.2) is 6.54 Å². The number of unbranched alkanes of at least 4 members (excludes halogenated alkanes) is 9. The third-order valence-corrected chi connectivity index (χ3v) is 4.63. The van der Waals surface area contributed by atoms with Crippen LogP contribution in [0.25, 0.3) is 0 Å². The van der Waals surface area contributed by atoms with E-state index in [1.54, 1.807) is 0 Å². The largest absolute Gasteiger partial charge is 0.477 e. The van der Waals surface area contributed by atoms with E-state index in [9.17, 15) is 9.90 Å². The molecule has 0 aromatic rings. The van der Waals surface area contributed by atoms with Crippen LogP contribution in [0.1, 0.15) is 71.1 Å². The zero-order valence-electron chi connectivity index (χ0n) is 15.1. The molecule has 0 fully saturated rings. The van der Waals surface area contributed by atoms with Crippen LogP contribution < -0.4 is 5.73 Å². The SMILES string of the molecule is CCCCCCCCCCCC[N+](CCN)(CCO)CC(=O)O. The maximum atomic E-state index is 11.1. The van der Waals surface area contributed by atoms with Crippen molar-refractivity contribution in [1.29, 1.82) is 0 Å². The fourth-order valence-corrected chi connectivity index (χ4v) is 3.28. The van der Waals surface area contributed by atoms with Crippen molar-refractivity contribution in [3.05, 3.63) is 0 Å². The Balaban J connectivity index is 3.87. The minimum Gasteiger partial charge on any atom is -0.477 e. The van der Waals surface area contributed by atoms with Crippen LogP contribution in [0.5, 0.6) is 0 Å². The zero-order valence-corrected chi connectivity index (χ0v) is 15.1. The number of aliphatic hydroxyl groups excluding tert-OH is 1. The fraction of sp³-hybridized carbons (Fsp3) is 0.944. The van der Waals surface area contributed by atoms with E-state index in [0.717, 1.165) is 19.4 Å². The second-order valence-corrected chi connectivity index (χ2v) is 6.76. The summed E-state index contributed by atoms with van der Waals surface area (Å²) in [5, 5.41) is 18.4. The highest BCUT2D eigenvalue weighted by Gasteiger charge is 2.28. The summed E-state index contributed by atoms with van der Waals surface area (Å²) in [4.78, 5) is 11.1. The molecule has 0 aromatic heterocycles. The molecule has 138 valence electrons. The van der Waals surface area contributed by atoms with Crippen LogP contribution in [-0.4, -0.2) is 60.0 Å². The zero-order chi connectivity index (χ0) is 17.4. The molecule has 4 N–H and O–H groups in total. The van der Waals surface area contributed by atoms with Gasteiger partial charge in [-0.25, -0.2) is 4.79 Å². The molecule has 1 unspecified atom stereocenters. The number of nitrogens with two attached hydrogens (primary N) is 1. The van der Waals surface area contributed by atoms with E-state index in [1.807, 2.05) is 0 Å². The lowest BCUT2D eigenvalue weighted by Crippen LogP contribution is -2.55. The van der Waals surface area contributed by atoms with Gasteiger partial charge in [-0.15, -0.1) is 0 Å². The third-order valence-electron chi connectivity index (χ3n) is 4.63. The number of rotatable bonds is 17. The quantitative estimate of drug-likeness (QED) is 0.283. The lowest BCUT2D eigenvalue weighted by Gasteiger charge is -2.36. The maximum Gasteiger partial charge on any atom is 0.359 e. The van der Waals surface area contributed by atoms with Crippen LogP contribution in [-0.2, 0) is 4.79 Å². The van der Waals surface area contributed by atoms with Gasteiger partial charge in [0.1, 0.15) is 6.54 Å². The van der Waals surface area contributed by atoms with Crippen molar-refractivity contribution in [2.24, 2.45) is 5.73 Å². The molecular weight excluding hydrogens is 292 g/mol. The van der Waals surface area contributed by atoms with Gasteiger partial charge in [0.25, 0.3) is 0 Å². The summed E-state index contributed by atoms with van der Waals surface area (Å²) in [6, 6.07) is 0. The van der Waals surface area contributed by atoms with Gasteiger partial charge in [-0.05, 0) is 12.8 Å². The van der Waals surface area contributed by atoms with Gasteiger partial charge < -0.3 is 20.4 Å². The average Bonchev–Trinajstić information content (AvgIpc) is 2.49. The standard InChI is InChI=1S/C18H38N2O3/c1-2-3-4-5-6-7-8-9-10-11-13-20(14-12-19,15-16-21)17-18(22)23/h21H,2-17,19H2,1H3/p+1. The van der Waals surface area contributed by atoms with Crippen LogP contribution in [0.2, 0.25) is 0 Å². The highest BCUT2D eigenvalue weighted by atomic mass is 16.4. The van der Waals surface area contributed by atoms with Crippen LogP contribution in [0.3, 0.4) is 0 Å². The van der Waals surface area contributed by atoms with E-state index in [2.05, 4.69) is 6.92 Å². The first kappa shape index (κ1) is 22.4. The number of aliphatic hydroxyl groups is 1. The molecule has 0 aromatic carbocycles. The number of carbonyl (C=O) groups is 1. The van der Waals surface area contributed by atoms with Crippen molar-refractivity contribution in [2.45, 2.75) is 71.1 Å². The first-order valence-electron chi connectivity index (χ1n) is 9.48. The Bertz CT molecular complexity index is 279. The van der Waals surface area contributed by atoms with E-state index in [4.69, 9.17) is 10.8 Å². The second kappa shape index (κ2) is 14.9. The summed E-state index contributed by atoms with van der Waals surface area (Å²) >= 11 is 0. The lowest BCUT2D eigenvalue weighted by atomic mass is 10.1. The summed E-state index contributed by atoms with van der Waals surface area (Å²) in [7, 11) is 0. The van der Waals surface area contributed by atoms with E-state index in [1.165, 1.54) is 51.4 Å². The molecule has 1 atom stereocenters. The smallest absolute Gasteiger partial charge is 0.359 e. The van der Waals surface area contributed by atoms with E-state index in [-0.39, 0.29) is 13.2 Å². The molecule has 0 heterocycles. The third kappa shape index (κ3) is 12.4. The molecule has 0 rings (SSSR count). The van der Waals surface area contributed by atoms with Crippen molar-refractivity contribution in [3.8, 4) is 0 Å². The number of hydrogen-bond acceptors (Lipinski definition) is 3. The summed E-state index contributed by atoms with van der Waals surface area (Å²) in [6.07, 6.45) is 12.7. The van der Waals surface area contributed by atoms with Crippen LogP contribution in [0, 0.1) is 0 Å². The van der Waals surface area contributed by atoms with Gasteiger partial charge in [0, 0.05) is 6.54 Å². The maximum absolute atomic E-state index is 11.1. The summed E-state index contributed by atoms with van der Waals surface area (Å²) < 4.78 is 0.416. The minimum absolute atomic E-state index is 0.0189. The molecule has 0 saturated heterocycles. The van der Waals surface area contributed by atoms with E-state index in [0.29, 0.717) is 24.1 Å². The number of aliphatic carboxylic acids is 1. The Hall–Kier alpha value is -0.650. The highest BCUT2D eigenvalue weighted by molar-refractivity contribution is 5.67. The van der Waals surface area contributed by atoms with E-state index >= 15 is 0 Å².